The first-order valence-electron chi connectivity index (χ1n) is 12.4. The number of fused-ring (bicyclic) bond motifs is 1. The molecule has 0 fully saturated rings. The maximum absolute atomic E-state index is 13.5. The van der Waals surface area contributed by atoms with Gasteiger partial charge in [0.15, 0.2) is 5.69 Å². The van der Waals surface area contributed by atoms with E-state index in [1.165, 1.54) is 4.57 Å². The highest BCUT2D eigenvalue weighted by Crippen LogP contribution is 2.34. The van der Waals surface area contributed by atoms with Gasteiger partial charge in [-0.15, -0.1) is 0 Å². The van der Waals surface area contributed by atoms with E-state index < -0.39 is 30.0 Å². The fraction of sp³-hybridized carbons (Fsp3) is 0.321. The van der Waals surface area contributed by atoms with Crippen LogP contribution in [0.1, 0.15) is 55.1 Å². The van der Waals surface area contributed by atoms with Crippen molar-refractivity contribution in [2.45, 2.75) is 58.2 Å². The van der Waals surface area contributed by atoms with Gasteiger partial charge in [0.05, 0.1) is 25.1 Å². The van der Waals surface area contributed by atoms with Gasteiger partial charge >= 0.3 is 12.0 Å². The summed E-state index contributed by atoms with van der Waals surface area (Å²) in [6.45, 7) is 3.92. The summed E-state index contributed by atoms with van der Waals surface area (Å²) in [5, 5.41) is 26.0. The number of aromatic hydroxyl groups is 1. The fourth-order valence-electron chi connectivity index (χ4n) is 4.68. The number of carbonyl (C=O) groups excluding carboxylic acids is 1. The van der Waals surface area contributed by atoms with Crippen LogP contribution in [-0.2, 0) is 24.2 Å². The molecule has 1 aromatic heterocycles. The molecular weight excluding hydrogens is 510 g/mol. The third kappa shape index (κ3) is 6.11. The van der Waals surface area contributed by atoms with E-state index in [-0.39, 0.29) is 24.1 Å². The lowest BCUT2D eigenvalue weighted by molar-refractivity contribution is -0.137. The summed E-state index contributed by atoms with van der Waals surface area (Å²) in [5.74, 6) is -0.850. The normalized spacial score (nSPS) is 13.2. The molecule has 0 unspecified atom stereocenters. The number of benzene rings is 2. The van der Waals surface area contributed by atoms with Crippen molar-refractivity contribution in [3.8, 4) is 11.5 Å². The number of hydrogen-bond acceptors (Lipinski definition) is 5. The molecule has 3 aromatic rings. The average Bonchev–Trinajstić information content (AvgIpc) is 3.35. The van der Waals surface area contributed by atoms with Crippen molar-refractivity contribution >= 4 is 29.3 Å². The largest absolute Gasteiger partial charge is 0.505 e. The number of urea groups is 1. The maximum atomic E-state index is 13.5. The Labute approximate surface area is 225 Å². The zero-order valence-corrected chi connectivity index (χ0v) is 21.9. The van der Waals surface area contributed by atoms with E-state index in [9.17, 15) is 24.6 Å². The Morgan fingerprint density at radius 2 is 1.89 bits per heavy atom. The topological polar surface area (TPSA) is 130 Å². The molecule has 9 nitrogen and oxygen atoms in total. The molecule has 0 bridgehead atoms. The van der Waals surface area contributed by atoms with Crippen molar-refractivity contribution in [2.24, 2.45) is 0 Å². The van der Waals surface area contributed by atoms with E-state index in [0.717, 1.165) is 12.0 Å². The zero-order chi connectivity index (χ0) is 27.4. The lowest BCUT2D eigenvalue weighted by atomic mass is 10.0. The van der Waals surface area contributed by atoms with Crippen LogP contribution in [0.2, 0.25) is 5.02 Å². The van der Waals surface area contributed by atoms with Crippen LogP contribution >= 0.6 is 11.6 Å². The summed E-state index contributed by atoms with van der Waals surface area (Å²) < 4.78 is 7.22. The monoisotopic (exact) mass is 539 g/mol. The van der Waals surface area contributed by atoms with Crippen molar-refractivity contribution in [1.82, 2.24) is 9.88 Å². The lowest BCUT2D eigenvalue weighted by Crippen LogP contribution is -2.37. The number of carboxylic acids is 1. The summed E-state index contributed by atoms with van der Waals surface area (Å²) >= 11 is 6.33. The third-order valence-corrected chi connectivity index (χ3v) is 6.71. The molecule has 0 radical (unpaired) electrons. The Hall–Kier alpha value is -3.98. The van der Waals surface area contributed by atoms with Gasteiger partial charge in [-0.05, 0) is 62.4 Å². The molecule has 4 N–H and O–H groups in total. The lowest BCUT2D eigenvalue weighted by Gasteiger charge is -2.21. The smallest absolute Gasteiger partial charge is 0.319 e. The van der Waals surface area contributed by atoms with E-state index in [1.807, 2.05) is 26.0 Å². The molecule has 0 saturated heterocycles. The van der Waals surface area contributed by atoms with Crippen LogP contribution in [-0.4, -0.2) is 32.9 Å². The summed E-state index contributed by atoms with van der Waals surface area (Å²) in [7, 11) is 0. The number of rotatable bonds is 9. The third-order valence-electron chi connectivity index (χ3n) is 6.34. The van der Waals surface area contributed by atoms with Crippen LogP contribution in [0.15, 0.2) is 53.3 Å². The number of nitrogens with zero attached hydrogens (tertiary/aromatic N) is 1. The molecule has 0 aliphatic heterocycles. The number of anilines is 1. The van der Waals surface area contributed by atoms with Gasteiger partial charge in [-0.3, -0.25) is 9.59 Å². The maximum Gasteiger partial charge on any atom is 0.319 e. The predicted molar refractivity (Wildman–Crippen MR) is 144 cm³/mol. The van der Waals surface area contributed by atoms with E-state index in [4.69, 9.17) is 16.3 Å². The highest BCUT2D eigenvalue weighted by atomic mass is 35.5. The molecule has 2 amide bonds. The SMILES string of the molecule is CC(C)Oc1cccc([C@H](CC(=O)O)NC(=O)Nc2c(O)c3c(n(Cc4ccccc4Cl)c2=O)CCC3)c1. The molecular formula is C28H30ClN3O6. The number of nitrogens with one attached hydrogen (secondary N) is 2. The van der Waals surface area contributed by atoms with Crippen LogP contribution in [0.3, 0.4) is 0 Å². The first-order chi connectivity index (χ1) is 18.1. The van der Waals surface area contributed by atoms with Crippen LogP contribution in [0.25, 0.3) is 0 Å². The Kier molecular flexibility index (Phi) is 8.26. The number of aliphatic carboxylic acids is 1. The van der Waals surface area contributed by atoms with Gasteiger partial charge in [-0.25, -0.2) is 4.79 Å². The number of halogens is 1. The van der Waals surface area contributed by atoms with Crippen molar-refractivity contribution in [3.63, 3.8) is 0 Å². The second-order valence-corrected chi connectivity index (χ2v) is 9.88. The van der Waals surface area contributed by atoms with E-state index >= 15 is 0 Å². The summed E-state index contributed by atoms with van der Waals surface area (Å²) in [6, 6.07) is 12.2. The van der Waals surface area contributed by atoms with Crippen molar-refractivity contribution < 1.29 is 24.5 Å². The molecule has 1 aliphatic rings. The molecule has 0 spiro atoms. The molecule has 2 aromatic carbocycles. The first kappa shape index (κ1) is 27.1. The number of hydrogen-bond donors (Lipinski definition) is 4. The number of pyridine rings is 1. The van der Waals surface area contributed by atoms with Gasteiger partial charge in [0.25, 0.3) is 5.56 Å². The number of carbonyl (C=O) groups is 2. The summed E-state index contributed by atoms with van der Waals surface area (Å²) in [4.78, 5) is 38.1. The Morgan fingerprint density at radius 3 is 2.61 bits per heavy atom. The molecule has 38 heavy (non-hydrogen) atoms. The Bertz CT molecular complexity index is 1420. The molecule has 200 valence electrons. The first-order valence-corrected chi connectivity index (χ1v) is 12.8. The second-order valence-electron chi connectivity index (χ2n) is 9.47. The Balaban J connectivity index is 1.63. The number of ether oxygens (including phenoxy) is 1. The van der Waals surface area contributed by atoms with Crippen LogP contribution < -0.4 is 20.9 Å². The number of amides is 2. The molecule has 1 heterocycles. The molecule has 1 atom stereocenters. The molecule has 0 saturated carbocycles. The second kappa shape index (κ2) is 11.6. The average molecular weight is 540 g/mol. The standard InChI is InChI=1S/C28H30ClN3O6/c1-16(2)38-19-9-5-8-17(13-19)22(14-24(33)34)30-28(37)31-25-26(35)20-10-6-12-23(20)32(27(25)36)15-18-7-3-4-11-21(18)29/h3-5,7-9,11,13,16,22,35H,6,10,12,14-15H2,1-2H3,(H,33,34)(H2,30,31,37)/t22-/m0/s1. The summed E-state index contributed by atoms with van der Waals surface area (Å²) in [6.07, 6.45) is 1.45. The van der Waals surface area contributed by atoms with Gasteiger partial charge in [-0.1, -0.05) is 41.9 Å². The van der Waals surface area contributed by atoms with Crippen LogP contribution in [0, 0.1) is 0 Å². The van der Waals surface area contributed by atoms with Crippen molar-refractivity contribution in [2.75, 3.05) is 5.32 Å². The van der Waals surface area contributed by atoms with Crippen LogP contribution in [0.5, 0.6) is 11.5 Å². The van der Waals surface area contributed by atoms with E-state index in [2.05, 4.69) is 10.6 Å². The Morgan fingerprint density at radius 1 is 1.13 bits per heavy atom. The van der Waals surface area contributed by atoms with Crippen LogP contribution in [0.4, 0.5) is 10.5 Å². The van der Waals surface area contributed by atoms with Gasteiger partial charge in [0, 0.05) is 16.3 Å². The van der Waals surface area contributed by atoms with Gasteiger partial charge in [-0.2, -0.15) is 0 Å². The fourth-order valence-corrected chi connectivity index (χ4v) is 4.87. The molecule has 10 heteroatoms. The minimum Gasteiger partial charge on any atom is -0.505 e. The predicted octanol–water partition coefficient (Wildman–Crippen LogP) is 4.87. The minimum atomic E-state index is -1.12. The molecule has 4 rings (SSSR count). The van der Waals surface area contributed by atoms with Gasteiger partial charge in [0.2, 0.25) is 0 Å². The van der Waals surface area contributed by atoms with E-state index in [1.54, 1.807) is 36.4 Å². The highest BCUT2D eigenvalue weighted by Gasteiger charge is 2.27. The molecule has 1 aliphatic carbocycles. The highest BCUT2D eigenvalue weighted by molar-refractivity contribution is 6.31. The van der Waals surface area contributed by atoms with Crippen molar-refractivity contribution in [3.05, 3.63) is 86.3 Å². The number of carboxylic acid groups (broad SMARTS) is 1. The minimum absolute atomic E-state index is 0.0878. The van der Waals surface area contributed by atoms with Gasteiger partial charge in [0.1, 0.15) is 11.5 Å². The summed E-state index contributed by atoms with van der Waals surface area (Å²) in [5.41, 5.74) is 1.74. The number of aromatic nitrogens is 1. The zero-order valence-electron chi connectivity index (χ0n) is 21.2. The quantitative estimate of drug-likeness (QED) is 0.307. The van der Waals surface area contributed by atoms with Crippen molar-refractivity contribution in [1.29, 1.82) is 0 Å². The van der Waals surface area contributed by atoms with E-state index in [0.29, 0.717) is 40.4 Å². The van der Waals surface area contributed by atoms with Gasteiger partial charge < -0.3 is 30.2 Å².